The molecule has 0 aliphatic rings. The summed E-state index contributed by atoms with van der Waals surface area (Å²) < 4.78 is 12.1. The molecule has 1 N–H and O–H groups in total. The Bertz CT molecular complexity index is 1010. The number of nitrogens with zero attached hydrogens (tertiary/aromatic N) is 2. The second kappa shape index (κ2) is 7.83. The van der Waals surface area contributed by atoms with Crippen molar-refractivity contribution in [1.82, 2.24) is 4.57 Å². The Labute approximate surface area is 157 Å². The zero-order valence-electron chi connectivity index (χ0n) is 15.6. The molecule has 0 saturated carbocycles. The van der Waals surface area contributed by atoms with E-state index in [2.05, 4.69) is 27.6 Å². The van der Waals surface area contributed by atoms with E-state index in [9.17, 15) is 10.1 Å². The molecule has 0 aliphatic carbocycles. The predicted octanol–water partition coefficient (Wildman–Crippen LogP) is 4.78. The highest BCUT2D eigenvalue weighted by atomic mass is 16.5. The van der Waals surface area contributed by atoms with E-state index in [1.807, 2.05) is 30.3 Å². The molecule has 0 radical (unpaired) electrons. The predicted molar refractivity (Wildman–Crippen MR) is 105 cm³/mol. The summed E-state index contributed by atoms with van der Waals surface area (Å²) in [4.78, 5) is 11.4. The lowest BCUT2D eigenvalue weighted by Gasteiger charge is -2.11. The molecule has 2 aromatic carbocycles. The number of rotatable bonds is 5. The van der Waals surface area contributed by atoms with Crippen LogP contribution in [-0.4, -0.2) is 24.9 Å². The number of hydrogen-bond acceptors (Lipinski definition) is 4. The van der Waals surface area contributed by atoms with Gasteiger partial charge < -0.3 is 14.0 Å². The Kier molecular flexibility index (Phi) is 5.32. The maximum absolute atomic E-state index is 11.4. The molecule has 0 saturated heterocycles. The molecular weight excluding hydrogens is 342 g/mol. The van der Waals surface area contributed by atoms with Crippen molar-refractivity contribution in [2.45, 2.75) is 19.9 Å². The summed E-state index contributed by atoms with van der Waals surface area (Å²) in [5, 5.41) is 13.4. The Balaban J connectivity index is 2.16. The Hall–Kier alpha value is -3.46. The van der Waals surface area contributed by atoms with Crippen LogP contribution in [0.5, 0.6) is 5.75 Å². The molecule has 3 rings (SSSR count). The maximum atomic E-state index is 11.4. The average molecular weight is 363 g/mol. The van der Waals surface area contributed by atoms with E-state index >= 15 is 0 Å². The van der Waals surface area contributed by atoms with Gasteiger partial charge in [-0.05, 0) is 36.2 Å². The number of nitrogens with one attached hydrogen (secondary N) is 1. The van der Waals surface area contributed by atoms with Crippen molar-refractivity contribution in [3.05, 3.63) is 48.0 Å². The van der Waals surface area contributed by atoms with Gasteiger partial charge >= 0.3 is 6.09 Å². The number of methoxy groups -OCH3 is 2. The fraction of sp³-hybridized carbons (Fsp3) is 0.238. The minimum atomic E-state index is -0.521. The molecule has 138 valence electrons. The normalized spacial score (nSPS) is 10.4. The first-order valence-electron chi connectivity index (χ1n) is 8.68. The van der Waals surface area contributed by atoms with Crippen molar-refractivity contribution in [3.63, 3.8) is 0 Å². The number of aryl methyl sites for hydroxylation is 1. The van der Waals surface area contributed by atoms with E-state index in [0.29, 0.717) is 11.3 Å². The van der Waals surface area contributed by atoms with Gasteiger partial charge in [0.25, 0.3) is 0 Å². The molecule has 6 heteroatoms. The topological polar surface area (TPSA) is 76.3 Å². The summed E-state index contributed by atoms with van der Waals surface area (Å²) in [7, 11) is 2.95. The van der Waals surface area contributed by atoms with Gasteiger partial charge in [-0.2, -0.15) is 5.26 Å². The fourth-order valence-electron chi connectivity index (χ4n) is 3.21. The first-order valence-corrected chi connectivity index (χ1v) is 8.68. The fourth-order valence-corrected chi connectivity index (χ4v) is 3.21. The van der Waals surface area contributed by atoms with Crippen molar-refractivity contribution < 1.29 is 14.3 Å². The summed E-state index contributed by atoms with van der Waals surface area (Å²) in [5.74, 6) is 0.756. The summed E-state index contributed by atoms with van der Waals surface area (Å²) in [5.41, 5.74) is 4.01. The Morgan fingerprint density at radius 1 is 1.19 bits per heavy atom. The van der Waals surface area contributed by atoms with E-state index in [0.717, 1.165) is 40.9 Å². The molecular formula is C21H21N3O3. The molecule has 27 heavy (non-hydrogen) atoms. The second-order valence-electron chi connectivity index (χ2n) is 6.06. The van der Waals surface area contributed by atoms with Crippen LogP contribution in [-0.2, 0) is 11.3 Å². The number of hydrogen-bond donors (Lipinski definition) is 1. The number of carbonyl (C=O) groups excluding carboxylic acids is 1. The average Bonchev–Trinajstić information content (AvgIpc) is 3.01. The van der Waals surface area contributed by atoms with E-state index in [1.54, 1.807) is 19.2 Å². The van der Waals surface area contributed by atoms with Gasteiger partial charge in [-0.25, -0.2) is 4.79 Å². The van der Waals surface area contributed by atoms with Crippen molar-refractivity contribution in [2.75, 3.05) is 19.5 Å². The molecule has 1 aromatic heterocycles. The van der Waals surface area contributed by atoms with Gasteiger partial charge in [-0.15, -0.1) is 0 Å². The number of nitriles is 1. The van der Waals surface area contributed by atoms with Gasteiger partial charge in [-0.1, -0.05) is 19.1 Å². The summed E-state index contributed by atoms with van der Waals surface area (Å²) in [6.45, 7) is 2.88. The van der Waals surface area contributed by atoms with Crippen LogP contribution < -0.4 is 10.1 Å². The molecule has 0 unspecified atom stereocenters. The lowest BCUT2D eigenvalue weighted by atomic mass is 10.1. The number of carbonyl (C=O) groups is 1. The molecule has 1 amide bonds. The number of amides is 1. The van der Waals surface area contributed by atoms with Crippen LogP contribution in [0, 0.1) is 11.3 Å². The van der Waals surface area contributed by atoms with Crippen molar-refractivity contribution in [3.8, 4) is 23.1 Å². The standard InChI is InChI=1S/C21H21N3O3/c1-4-11-24-19-12-16(26-2)9-10-17(19)18(13-22)20(24)14-5-7-15(8-6-14)23-21(25)27-3/h5-10,12H,4,11H2,1-3H3,(H,23,25). The molecule has 3 aromatic rings. The minimum absolute atomic E-state index is 0.521. The first kappa shape index (κ1) is 18.3. The van der Waals surface area contributed by atoms with Crippen molar-refractivity contribution in [2.24, 2.45) is 0 Å². The third-order valence-electron chi connectivity index (χ3n) is 4.42. The van der Waals surface area contributed by atoms with E-state index in [-0.39, 0.29) is 0 Å². The maximum Gasteiger partial charge on any atom is 0.411 e. The van der Waals surface area contributed by atoms with Crippen molar-refractivity contribution in [1.29, 1.82) is 5.26 Å². The molecule has 0 aliphatic heterocycles. The van der Waals surface area contributed by atoms with Crippen LogP contribution in [0.2, 0.25) is 0 Å². The third-order valence-corrected chi connectivity index (χ3v) is 4.42. The zero-order valence-corrected chi connectivity index (χ0v) is 15.6. The summed E-state index contributed by atoms with van der Waals surface area (Å²) in [6, 6.07) is 15.5. The highest BCUT2D eigenvalue weighted by molar-refractivity contribution is 5.95. The number of fused-ring (bicyclic) bond motifs is 1. The van der Waals surface area contributed by atoms with Crippen LogP contribution in [0.4, 0.5) is 10.5 Å². The lowest BCUT2D eigenvalue weighted by Crippen LogP contribution is -2.10. The monoisotopic (exact) mass is 363 g/mol. The molecule has 0 spiro atoms. The SMILES string of the molecule is CCCn1c(-c2ccc(NC(=O)OC)cc2)c(C#N)c2ccc(OC)cc21. The summed E-state index contributed by atoms with van der Waals surface area (Å²) >= 11 is 0. The smallest absolute Gasteiger partial charge is 0.411 e. The third kappa shape index (κ3) is 3.44. The van der Waals surface area contributed by atoms with E-state index < -0.39 is 6.09 Å². The van der Waals surface area contributed by atoms with Crippen LogP contribution in [0.1, 0.15) is 18.9 Å². The highest BCUT2D eigenvalue weighted by Gasteiger charge is 2.19. The van der Waals surface area contributed by atoms with Crippen LogP contribution in [0.25, 0.3) is 22.2 Å². The van der Waals surface area contributed by atoms with E-state index in [4.69, 9.17) is 4.74 Å². The molecule has 0 bridgehead atoms. The number of anilines is 1. The largest absolute Gasteiger partial charge is 0.497 e. The van der Waals surface area contributed by atoms with Crippen LogP contribution >= 0.6 is 0 Å². The summed E-state index contributed by atoms with van der Waals surface area (Å²) in [6.07, 6.45) is 0.411. The molecule has 0 fully saturated rings. The van der Waals surface area contributed by atoms with Crippen LogP contribution in [0.15, 0.2) is 42.5 Å². The first-order chi connectivity index (χ1) is 13.1. The van der Waals surface area contributed by atoms with Gasteiger partial charge in [0.1, 0.15) is 11.8 Å². The quantitative estimate of drug-likeness (QED) is 0.708. The Morgan fingerprint density at radius 3 is 2.52 bits per heavy atom. The van der Waals surface area contributed by atoms with Crippen molar-refractivity contribution >= 4 is 22.7 Å². The number of ether oxygens (including phenoxy) is 2. The lowest BCUT2D eigenvalue weighted by molar-refractivity contribution is 0.187. The van der Waals surface area contributed by atoms with Gasteiger partial charge in [0.2, 0.25) is 0 Å². The zero-order chi connectivity index (χ0) is 19.4. The van der Waals surface area contributed by atoms with Gasteiger partial charge in [0, 0.05) is 23.7 Å². The molecule has 6 nitrogen and oxygen atoms in total. The second-order valence-corrected chi connectivity index (χ2v) is 6.06. The highest BCUT2D eigenvalue weighted by Crippen LogP contribution is 2.36. The molecule has 1 heterocycles. The number of aromatic nitrogens is 1. The number of benzene rings is 2. The van der Waals surface area contributed by atoms with Gasteiger partial charge in [0.05, 0.1) is 31.0 Å². The van der Waals surface area contributed by atoms with Gasteiger partial charge in [0.15, 0.2) is 0 Å². The minimum Gasteiger partial charge on any atom is -0.497 e. The molecule has 0 atom stereocenters. The van der Waals surface area contributed by atoms with Crippen LogP contribution in [0.3, 0.4) is 0 Å². The van der Waals surface area contributed by atoms with E-state index in [1.165, 1.54) is 7.11 Å². The Morgan fingerprint density at radius 2 is 1.93 bits per heavy atom. The van der Waals surface area contributed by atoms with Gasteiger partial charge in [-0.3, -0.25) is 5.32 Å².